The van der Waals surface area contributed by atoms with E-state index >= 15 is 0 Å². The Balaban J connectivity index is 0.00000512. The van der Waals surface area contributed by atoms with Gasteiger partial charge in [-0.05, 0) is 88.0 Å². The van der Waals surface area contributed by atoms with E-state index in [-0.39, 0.29) is 88.4 Å². The van der Waals surface area contributed by atoms with Gasteiger partial charge in [0.2, 0.25) is 0 Å². The number of halogens is 4. The maximum atomic E-state index is 11.7. The third kappa shape index (κ3) is 9.41. The zero-order chi connectivity index (χ0) is 23.5. The molecular weight excluding hydrogens is 770 g/mol. The molecule has 33 heavy (non-hydrogen) atoms. The maximum Gasteiger partial charge on any atom is 1.00 e. The molecule has 1 N–H and O–H groups in total. The minimum atomic E-state index is -4.78. The van der Waals surface area contributed by atoms with Crippen molar-refractivity contribution in [1.82, 2.24) is 0 Å². The van der Waals surface area contributed by atoms with Crippen molar-refractivity contribution < 1.29 is 102 Å². The fraction of sp³-hybridized carbons (Fsp3) is 0.0714. The van der Waals surface area contributed by atoms with Gasteiger partial charge in [0.15, 0.2) is 0 Å². The van der Waals surface area contributed by atoms with E-state index in [1.54, 1.807) is 0 Å². The van der Waals surface area contributed by atoms with Crippen LogP contribution in [0.4, 0.5) is 11.4 Å². The van der Waals surface area contributed by atoms with Gasteiger partial charge in [0.05, 0.1) is 16.9 Å². The third-order valence-corrected chi connectivity index (χ3v) is 6.99. The van der Waals surface area contributed by atoms with Crippen LogP contribution in [0.2, 0.25) is 0 Å². The molecule has 0 bridgehead atoms. The second-order valence-corrected chi connectivity index (χ2v) is 10.9. The molecule has 11 nitrogen and oxygen atoms in total. The average molecular weight is 778 g/mol. The van der Waals surface area contributed by atoms with Crippen molar-refractivity contribution in [1.29, 1.82) is 0 Å². The molecular formula is C14H8Br4N2Na2O9S2. The molecule has 0 heterocycles. The van der Waals surface area contributed by atoms with Gasteiger partial charge in [-0.1, -0.05) is 5.17 Å². The van der Waals surface area contributed by atoms with Gasteiger partial charge in [0.25, 0.3) is 0 Å². The molecule has 0 saturated heterocycles. The zero-order valence-corrected chi connectivity index (χ0v) is 28.7. The fourth-order valence-corrected chi connectivity index (χ4v) is 6.66. The molecule has 2 rings (SSSR count). The summed E-state index contributed by atoms with van der Waals surface area (Å²) in [6.07, 6.45) is 0. The van der Waals surface area contributed by atoms with Crippen LogP contribution in [-0.2, 0) is 29.1 Å². The van der Waals surface area contributed by atoms with Crippen molar-refractivity contribution in [3.8, 4) is 0 Å². The minimum Gasteiger partial charge on any atom is -0.744 e. The Kier molecular flexibility index (Phi) is 15.8. The topological polar surface area (TPSA) is 152 Å². The molecule has 0 aliphatic heterocycles. The van der Waals surface area contributed by atoms with Crippen molar-refractivity contribution in [2.75, 3.05) is 10.3 Å². The first-order chi connectivity index (χ1) is 14.4. The van der Waals surface area contributed by atoms with Crippen LogP contribution in [0, 0.1) is 0 Å². The van der Waals surface area contributed by atoms with E-state index in [9.17, 15) is 28.2 Å². The second-order valence-electron chi connectivity index (χ2n) is 5.29. The largest absolute Gasteiger partial charge is 1.00 e. The van der Waals surface area contributed by atoms with Crippen molar-refractivity contribution in [3.63, 3.8) is 0 Å². The summed E-state index contributed by atoms with van der Waals surface area (Å²) in [5, 5.41) is 25.3. The predicted octanol–water partition coefficient (Wildman–Crippen LogP) is -2.03. The number of nitrogens with zero attached hydrogens (tertiary/aromatic N) is 2. The predicted molar refractivity (Wildman–Crippen MR) is 118 cm³/mol. The van der Waals surface area contributed by atoms with Gasteiger partial charge in [-0.15, -0.1) is 5.17 Å². The van der Waals surface area contributed by atoms with E-state index in [2.05, 4.69) is 73.1 Å². The van der Waals surface area contributed by atoms with Crippen LogP contribution < -0.4 is 74.7 Å². The van der Waals surface area contributed by atoms with Gasteiger partial charge in [0.1, 0.15) is 21.5 Å². The molecule has 2 aromatic rings. The van der Waals surface area contributed by atoms with Gasteiger partial charge < -0.3 is 14.6 Å². The number of hydrogen-bond donors (Lipinski definition) is 1. The molecule has 0 aliphatic carbocycles. The van der Waals surface area contributed by atoms with Gasteiger partial charge >= 0.3 is 65.1 Å². The van der Waals surface area contributed by atoms with E-state index in [4.69, 9.17) is 4.84 Å². The van der Waals surface area contributed by atoms with E-state index < -0.39 is 21.0 Å². The van der Waals surface area contributed by atoms with Crippen molar-refractivity contribution >= 4 is 103 Å². The summed E-state index contributed by atoms with van der Waals surface area (Å²) in [5.41, 5.74) is -0.0154. The summed E-state index contributed by atoms with van der Waals surface area (Å²) in [6.45, 7) is 1.09. The summed E-state index contributed by atoms with van der Waals surface area (Å²) in [5.74, 6) is -0.814. The van der Waals surface area contributed by atoms with Gasteiger partial charge in [-0.3, -0.25) is 10.2 Å². The van der Waals surface area contributed by atoms with Crippen LogP contribution in [0.15, 0.2) is 51.9 Å². The molecule has 0 amide bonds. The molecule has 0 aliphatic rings. The zero-order valence-electron chi connectivity index (χ0n) is 16.7. The van der Waals surface area contributed by atoms with Gasteiger partial charge in [-0.25, -0.2) is 13.2 Å². The third-order valence-electron chi connectivity index (χ3n) is 3.21. The first-order valence-corrected chi connectivity index (χ1v) is 12.7. The number of rotatable bonds is 8. The summed E-state index contributed by atoms with van der Waals surface area (Å²) in [6, 6.07) is 4.87. The summed E-state index contributed by atoms with van der Waals surface area (Å²) in [4.78, 5) is 16.7. The molecule has 0 saturated carbocycles. The minimum absolute atomic E-state index is 0. The molecule has 0 fully saturated rings. The molecule has 0 radical (unpaired) electrons. The SMILES string of the molecule is CC(=O)ON(c1c(Br)cc(SOO[O-])cc1Br)N(O)c1c(Br)cc(S(=O)(=O)[O-])cc1Br.[Na+].[Na+]. The molecule has 0 aromatic heterocycles. The number of carbonyl (C=O) groups is 1. The molecule has 170 valence electrons. The van der Waals surface area contributed by atoms with E-state index in [1.165, 1.54) is 12.1 Å². The van der Waals surface area contributed by atoms with Crippen LogP contribution in [0.1, 0.15) is 6.92 Å². The van der Waals surface area contributed by atoms with Crippen LogP contribution in [-0.4, -0.2) is 24.1 Å². The monoisotopic (exact) mass is 774 g/mol. The van der Waals surface area contributed by atoms with Crippen LogP contribution >= 0.6 is 75.8 Å². The summed E-state index contributed by atoms with van der Waals surface area (Å²) >= 11 is 13.3. The average Bonchev–Trinajstić information content (AvgIpc) is 2.63. The van der Waals surface area contributed by atoms with Gasteiger partial charge in [-0.2, -0.15) is 4.33 Å². The fourth-order valence-electron chi connectivity index (χ4n) is 2.10. The van der Waals surface area contributed by atoms with Crippen LogP contribution in [0.5, 0.6) is 0 Å². The van der Waals surface area contributed by atoms with E-state index in [0.29, 0.717) is 27.3 Å². The van der Waals surface area contributed by atoms with Crippen LogP contribution in [0.25, 0.3) is 0 Å². The Hall–Kier alpha value is 1.53. The quantitative estimate of drug-likeness (QED) is 0.104. The van der Waals surface area contributed by atoms with Crippen molar-refractivity contribution in [2.24, 2.45) is 0 Å². The Labute approximate surface area is 270 Å². The molecule has 19 heteroatoms. The molecule has 2 aromatic carbocycles. The van der Waals surface area contributed by atoms with Crippen LogP contribution in [0.3, 0.4) is 0 Å². The summed E-state index contributed by atoms with van der Waals surface area (Å²) in [7, 11) is -4.78. The Bertz CT molecular complexity index is 1070. The Morgan fingerprint density at radius 3 is 1.85 bits per heavy atom. The van der Waals surface area contributed by atoms with E-state index in [0.717, 1.165) is 19.1 Å². The number of anilines is 2. The smallest absolute Gasteiger partial charge is 0.744 e. The number of carbonyl (C=O) groups excluding carboxylic acids is 1. The van der Waals surface area contributed by atoms with Gasteiger partial charge in [0, 0.05) is 29.7 Å². The second kappa shape index (κ2) is 15.1. The number of hydrazine groups is 1. The molecule has 0 atom stereocenters. The number of hydrogen-bond acceptors (Lipinski definition) is 12. The number of benzene rings is 2. The molecule has 0 spiro atoms. The maximum absolute atomic E-state index is 11.7. The standard InChI is InChI=1S/C14H10Br4N2O9S2.2Na/c1-6(21)27-20(14-9(15)2-7(3-10(14)16)30-29-28-23)19(22)13-11(17)4-8(5-12(13)18)31(24,25)26;;/h2-5,22-23H,1H3,(H,24,25,26);;/q;2*+1/p-2. The van der Waals surface area contributed by atoms with Crippen molar-refractivity contribution in [3.05, 3.63) is 42.2 Å². The normalized spacial score (nSPS) is 10.7. The Morgan fingerprint density at radius 2 is 1.45 bits per heavy atom. The Morgan fingerprint density at radius 1 is 1.00 bits per heavy atom. The van der Waals surface area contributed by atoms with Crippen molar-refractivity contribution in [2.45, 2.75) is 16.7 Å². The summed E-state index contributed by atoms with van der Waals surface area (Å²) < 4.78 is 38.7. The molecule has 0 unspecified atom stereocenters. The first kappa shape index (κ1) is 34.5. The first-order valence-electron chi connectivity index (χ1n) is 7.41. The van der Waals surface area contributed by atoms with E-state index in [1.807, 2.05) is 0 Å².